The van der Waals surface area contributed by atoms with Crippen molar-refractivity contribution in [1.29, 1.82) is 0 Å². The minimum absolute atomic E-state index is 0.0720. The van der Waals surface area contributed by atoms with Crippen LogP contribution in [0.5, 0.6) is 0 Å². The van der Waals surface area contributed by atoms with E-state index in [9.17, 15) is 9.59 Å². The first-order valence-electron chi connectivity index (χ1n) is 12.3. The van der Waals surface area contributed by atoms with Crippen LogP contribution < -0.4 is 6.14 Å². The van der Waals surface area contributed by atoms with E-state index in [1.165, 1.54) is 57.4 Å². The molecule has 1 N–H and O–H groups in total. The van der Waals surface area contributed by atoms with E-state index in [1.807, 2.05) is 6.08 Å². The van der Waals surface area contributed by atoms with E-state index in [2.05, 4.69) is 67.6 Å². The summed E-state index contributed by atoms with van der Waals surface area (Å²) >= 11 is 1.62. The van der Waals surface area contributed by atoms with Crippen LogP contribution in [-0.2, 0) is 66.6 Å². The van der Waals surface area contributed by atoms with Crippen molar-refractivity contribution < 1.29 is 71.7 Å². The Hall–Kier alpha value is -1.01. The summed E-state index contributed by atoms with van der Waals surface area (Å²) in [5.41, 5.74) is 0. The van der Waals surface area contributed by atoms with Gasteiger partial charge >= 0.3 is 131 Å². The zero-order chi connectivity index (χ0) is 25.3. The van der Waals surface area contributed by atoms with Gasteiger partial charge in [0.1, 0.15) is 0 Å². The molecule has 0 atom stereocenters. The van der Waals surface area contributed by atoms with Crippen LogP contribution in [0.1, 0.15) is 77.6 Å². The Morgan fingerprint density at radius 3 is 1.65 bits per heavy atom. The first-order chi connectivity index (χ1) is 16.5. The van der Waals surface area contributed by atoms with Crippen molar-refractivity contribution in [3.8, 4) is 0 Å². The number of unbranched alkanes of at least 4 members (excludes halogenated alkanes) is 8. The van der Waals surface area contributed by atoms with E-state index >= 15 is 0 Å². The number of hydrogen-bond donors (Lipinski definition) is 1. The second-order valence-corrected chi connectivity index (χ2v) is 14.3. The fourth-order valence-electron chi connectivity index (χ4n) is 2.81. The van der Waals surface area contributed by atoms with Gasteiger partial charge in [-0.25, -0.2) is 0 Å². The monoisotopic (exact) mass is 842 g/mol. The molecule has 4 nitrogen and oxygen atoms in total. The zero-order valence-corrected chi connectivity index (χ0v) is 31.8. The third-order valence-electron chi connectivity index (χ3n) is 4.75. The number of rotatable bonds is 13. The van der Waals surface area contributed by atoms with Crippen LogP contribution in [0.2, 0.25) is 0 Å². The zero-order valence-electron chi connectivity index (χ0n) is 20.8. The fourth-order valence-corrected chi connectivity index (χ4v) is 4.93. The molecule has 2 aromatic rings. The molecule has 0 saturated heterocycles. The van der Waals surface area contributed by atoms with Gasteiger partial charge in [-0.05, 0) is 18.9 Å². The van der Waals surface area contributed by atoms with Gasteiger partial charge in [-0.3, -0.25) is 9.59 Å². The normalized spacial score (nSPS) is 10.0. The van der Waals surface area contributed by atoms with Gasteiger partial charge in [0, 0.05) is 0 Å². The van der Waals surface area contributed by atoms with Gasteiger partial charge in [0.2, 0.25) is 0 Å². The van der Waals surface area contributed by atoms with Crippen LogP contribution in [0, 0.1) is 0 Å². The molecule has 2 aromatic carbocycles. The molecule has 34 heavy (non-hydrogen) atoms. The van der Waals surface area contributed by atoms with Gasteiger partial charge in [0.15, 0.2) is 0 Å². The number of aliphatic carboxylic acids is 1. The SMILES string of the molecule is CCCCCCCCCC/C=C/OC(=O)CCC(=O)O.[Hg][c]1ccccc1.[Hg][c]1ccccc1. The molecule has 0 aliphatic carbocycles. The summed E-state index contributed by atoms with van der Waals surface area (Å²) in [6.45, 7) is 2.22. The number of allylic oxidation sites excluding steroid dienone is 1. The van der Waals surface area contributed by atoms with Crippen LogP contribution >= 0.6 is 0 Å². The summed E-state index contributed by atoms with van der Waals surface area (Å²) in [6, 6.07) is 21.1. The molecular weight excluding hydrogens is 801 g/mol. The molecule has 0 aromatic heterocycles. The van der Waals surface area contributed by atoms with E-state index < -0.39 is 11.9 Å². The molecule has 2 rings (SSSR count). The number of benzene rings is 2. The van der Waals surface area contributed by atoms with Crippen molar-refractivity contribution in [1.82, 2.24) is 0 Å². The molecule has 0 aliphatic rings. The summed E-state index contributed by atoms with van der Waals surface area (Å²) < 4.78 is 7.81. The molecule has 0 amide bonds. The number of ether oxygens (including phenoxy) is 1. The standard InChI is InChI=1S/C16H28O4.2C6H5.2Hg/c1-2-3-4-5-6-7-8-9-10-11-14-20-16(19)13-12-15(17)18;2*1-2-4-6-5-3-1;;/h11,14H,2-10,12-13H2,1H3,(H,17,18);2*1-5H;;/b14-11+;;;;. The van der Waals surface area contributed by atoms with E-state index in [1.54, 1.807) is 0 Å². The molecule has 0 saturated carbocycles. The Balaban J connectivity index is 0.000000619. The summed E-state index contributed by atoms with van der Waals surface area (Å²) in [7, 11) is 0. The first-order valence-corrected chi connectivity index (χ1v) is 17.8. The number of carbonyl (C=O) groups is 2. The van der Waals surface area contributed by atoms with Crippen LogP contribution in [0.3, 0.4) is 0 Å². The average molecular weight is 840 g/mol. The first kappa shape index (κ1) is 33.0. The molecule has 6 heteroatoms. The predicted octanol–water partition coefficient (Wildman–Crippen LogP) is 6.16. The Labute approximate surface area is 238 Å². The molecule has 0 fully saturated rings. The molecule has 0 spiro atoms. The van der Waals surface area contributed by atoms with Gasteiger partial charge < -0.3 is 9.84 Å². The van der Waals surface area contributed by atoms with Gasteiger partial charge in [0.25, 0.3) is 0 Å². The maximum absolute atomic E-state index is 11.1. The van der Waals surface area contributed by atoms with Gasteiger partial charge in [-0.15, -0.1) is 0 Å². The second kappa shape index (κ2) is 25.1. The molecule has 0 bridgehead atoms. The number of hydrogen-bond acceptors (Lipinski definition) is 3. The molecule has 0 unspecified atom stereocenters. The van der Waals surface area contributed by atoms with Crippen LogP contribution in [0.4, 0.5) is 0 Å². The summed E-state index contributed by atoms with van der Waals surface area (Å²) in [5, 5.41) is 8.40. The van der Waals surface area contributed by atoms with Crippen LogP contribution in [0.25, 0.3) is 0 Å². The van der Waals surface area contributed by atoms with E-state index in [0.29, 0.717) is 0 Å². The second-order valence-electron chi connectivity index (χ2n) is 7.99. The third kappa shape index (κ3) is 25.6. The van der Waals surface area contributed by atoms with Crippen molar-refractivity contribution in [2.45, 2.75) is 77.6 Å². The van der Waals surface area contributed by atoms with Crippen LogP contribution in [-0.4, -0.2) is 17.0 Å². The Morgan fingerprint density at radius 2 is 1.24 bits per heavy atom. The minimum atomic E-state index is -0.982. The molecule has 0 heterocycles. The summed E-state index contributed by atoms with van der Waals surface area (Å²) in [4.78, 5) is 21.3. The van der Waals surface area contributed by atoms with E-state index in [0.717, 1.165) is 65.1 Å². The third-order valence-corrected chi connectivity index (χ3v) is 8.41. The molecule has 0 aliphatic heterocycles. The quantitative estimate of drug-likeness (QED) is 0.114. The molecule has 178 valence electrons. The molecular formula is C28H38Hg2O4. The Bertz CT molecular complexity index is 727. The number of carbonyl (C=O) groups excluding carboxylic acids is 1. The van der Waals surface area contributed by atoms with Gasteiger partial charge in [-0.2, -0.15) is 0 Å². The van der Waals surface area contributed by atoms with E-state index in [4.69, 9.17) is 9.84 Å². The van der Waals surface area contributed by atoms with Crippen molar-refractivity contribution in [2.24, 2.45) is 0 Å². The number of carboxylic acids is 1. The summed E-state index contributed by atoms with van der Waals surface area (Å²) in [6.07, 6.45) is 14.1. The van der Waals surface area contributed by atoms with Gasteiger partial charge in [-0.1, -0.05) is 51.9 Å². The topological polar surface area (TPSA) is 63.6 Å². The number of esters is 1. The van der Waals surface area contributed by atoms with E-state index in [-0.39, 0.29) is 12.8 Å². The fraction of sp³-hybridized carbons (Fsp3) is 0.429. The Kier molecular flexibility index (Phi) is 24.3. The van der Waals surface area contributed by atoms with Crippen molar-refractivity contribution in [2.75, 3.05) is 0 Å². The van der Waals surface area contributed by atoms with Crippen molar-refractivity contribution in [3.05, 3.63) is 73.0 Å². The maximum atomic E-state index is 11.1. The van der Waals surface area contributed by atoms with Crippen molar-refractivity contribution in [3.63, 3.8) is 0 Å². The van der Waals surface area contributed by atoms with Gasteiger partial charge in [0.05, 0.1) is 19.1 Å². The van der Waals surface area contributed by atoms with Crippen LogP contribution in [0.15, 0.2) is 73.0 Å². The average Bonchev–Trinajstić information content (AvgIpc) is 2.83. The summed E-state index contributed by atoms with van der Waals surface area (Å²) in [5.74, 6) is -1.47. The Morgan fingerprint density at radius 1 is 0.765 bits per heavy atom. The predicted molar refractivity (Wildman–Crippen MR) is 131 cm³/mol. The molecule has 0 radical (unpaired) electrons. The van der Waals surface area contributed by atoms with Crippen molar-refractivity contribution >= 4 is 18.1 Å². The number of carboxylic acid groups (broad SMARTS) is 1.